The first kappa shape index (κ1) is 10.1. The second kappa shape index (κ2) is 3.79. The van der Waals surface area contributed by atoms with Gasteiger partial charge in [0.2, 0.25) is 0 Å². The molecule has 0 bridgehead atoms. The van der Waals surface area contributed by atoms with Gasteiger partial charge >= 0.3 is 0 Å². The lowest BCUT2D eigenvalue weighted by molar-refractivity contribution is 0.469. The molecule has 0 aliphatic rings. The molecule has 0 amide bonds. The van der Waals surface area contributed by atoms with Crippen LogP contribution in [0.5, 0.6) is 5.75 Å². The molecule has 1 aromatic carbocycles. The van der Waals surface area contributed by atoms with E-state index in [2.05, 4.69) is 6.92 Å². The van der Waals surface area contributed by atoms with Crippen LogP contribution in [0.15, 0.2) is 12.1 Å². The molecule has 2 heteroatoms. The van der Waals surface area contributed by atoms with Gasteiger partial charge in [0.25, 0.3) is 0 Å². The van der Waals surface area contributed by atoms with E-state index < -0.39 is 0 Å². The summed E-state index contributed by atoms with van der Waals surface area (Å²) in [5, 5.41) is 9.44. The van der Waals surface area contributed by atoms with E-state index in [0.29, 0.717) is 5.75 Å². The molecule has 1 atom stereocenters. The van der Waals surface area contributed by atoms with Crippen LogP contribution in [0.3, 0.4) is 0 Å². The van der Waals surface area contributed by atoms with Gasteiger partial charge in [-0.25, -0.2) is 0 Å². The zero-order valence-corrected chi connectivity index (χ0v) is 8.46. The monoisotopic (exact) mass is 179 g/mol. The highest BCUT2D eigenvalue weighted by Crippen LogP contribution is 2.26. The summed E-state index contributed by atoms with van der Waals surface area (Å²) in [5.74, 6) is 0.351. The minimum atomic E-state index is 0.0827. The molecule has 0 saturated carbocycles. The summed E-state index contributed by atoms with van der Waals surface area (Å²) < 4.78 is 0. The fourth-order valence-corrected chi connectivity index (χ4v) is 1.45. The van der Waals surface area contributed by atoms with Crippen molar-refractivity contribution in [3.8, 4) is 5.75 Å². The minimum Gasteiger partial charge on any atom is -0.508 e. The second-order valence-electron chi connectivity index (χ2n) is 3.44. The van der Waals surface area contributed by atoms with Crippen LogP contribution in [-0.2, 0) is 0 Å². The van der Waals surface area contributed by atoms with Gasteiger partial charge in [-0.15, -0.1) is 0 Å². The van der Waals surface area contributed by atoms with Crippen molar-refractivity contribution in [2.75, 3.05) is 0 Å². The molecule has 1 aromatic rings. The van der Waals surface area contributed by atoms with Crippen molar-refractivity contribution in [1.29, 1.82) is 0 Å². The predicted octanol–water partition coefficient (Wildman–Crippen LogP) is 2.42. The number of benzene rings is 1. The normalized spacial score (nSPS) is 12.9. The van der Waals surface area contributed by atoms with Crippen molar-refractivity contribution in [2.45, 2.75) is 33.2 Å². The summed E-state index contributed by atoms with van der Waals surface area (Å²) in [6, 6.07) is 3.71. The SMILES string of the molecule is CCC(N)c1ccc(O)c(C)c1C. The van der Waals surface area contributed by atoms with E-state index in [-0.39, 0.29) is 6.04 Å². The van der Waals surface area contributed by atoms with E-state index in [9.17, 15) is 5.11 Å². The Hall–Kier alpha value is -1.02. The van der Waals surface area contributed by atoms with Gasteiger partial charge in [0, 0.05) is 6.04 Å². The Morgan fingerprint density at radius 1 is 1.31 bits per heavy atom. The highest BCUT2D eigenvalue weighted by atomic mass is 16.3. The predicted molar refractivity (Wildman–Crippen MR) is 54.8 cm³/mol. The van der Waals surface area contributed by atoms with Crippen molar-refractivity contribution in [3.05, 3.63) is 28.8 Å². The Balaban J connectivity index is 3.18. The molecule has 0 aliphatic carbocycles. The van der Waals surface area contributed by atoms with Crippen molar-refractivity contribution < 1.29 is 5.11 Å². The highest BCUT2D eigenvalue weighted by molar-refractivity contribution is 5.43. The molecule has 72 valence electrons. The minimum absolute atomic E-state index is 0.0827. The average Bonchev–Trinajstić information content (AvgIpc) is 2.13. The topological polar surface area (TPSA) is 46.2 Å². The number of nitrogens with two attached hydrogens (primary N) is 1. The summed E-state index contributed by atoms with van der Waals surface area (Å²) >= 11 is 0. The molecule has 0 saturated heterocycles. The molecular formula is C11H17NO. The Morgan fingerprint density at radius 3 is 2.46 bits per heavy atom. The van der Waals surface area contributed by atoms with Gasteiger partial charge in [-0.05, 0) is 43.0 Å². The van der Waals surface area contributed by atoms with Crippen LogP contribution in [0.2, 0.25) is 0 Å². The third kappa shape index (κ3) is 1.83. The van der Waals surface area contributed by atoms with Gasteiger partial charge < -0.3 is 10.8 Å². The van der Waals surface area contributed by atoms with Gasteiger partial charge in [-0.2, -0.15) is 0 Å². The largest absolute Gasteiger partial charge is 0.508 e. The van der Waals surface area contributed by atoms with E-state index >= 15 is 0 Å². The molecule has 0 aromatic heterocycles. The van der Waals surface area contributed by atoms with Crippen LogP contribution in [0, 0.1) is 13.8 Å². The fourth-order valence-electron chi connectivity index (χ4n) is 1.45. The van der Waals surface area contributed by atoms with Gasteiger partial charge in [0.15, 0.2) is 0 Å². The van der Waals surface area contributed by atoms with Crippen molar-refractivity contribution in [3.63, 3.8) is 0 Å². The van der Waals surface area contributed by atoms with Crippen molar-refractivity contribution in [2.24, 2.45) is 5.73 Å². The number of phenols is 1. The van der Waals surface area contributed by atoms with E-state index in [0.717, 1.165) is 23.1 Å². The Bertz CT molecular complexity index is 307. The Labute approximate surface area is 79.4 Å². The van der Waals surface area contributed by atoms with Crippen LogP contribution in [-0.4, -0.2) is 5.11 Å². The third-order valence-corrected chi connectivity index (χ3v) is 2.64. The van der Waals surface area contributed by atoms with Crippen LogP contribution >= 0.6 is 0 Å². The smallest absolute Gasteiger partial charge is 0.118 e. The van der Waals surface area contributed by atoms with Crippen LogP contribution in [0.4, 0.5) is 0 Å². The molecule has 1 unspecified atom stereocenters. The average molecular weight is 179 g/mol. The standard InChI is InChI=1S/C11H17NO/c1-4-10(12)9-5-6-11(13)8(3)7(9)2/h5-6,10,13H,4,12H2,1-3H3. The van der Waals surface area contributed by atoms with E-state index in [4.69, 9.17) is 5.73 Å². The lowest BCUT2D eigenvalue weighted by Gasteiger charge is -2.15. The fraction of sp³-hybridized carbons (Fsp3) is 0.455. The molecule has 1 rings (SSSR count). The van der Waals surface area contributed by atoms with Gasteiger partial charge in [-0.3, -0.25) is 0 Å². The lowest BCUT2D eigenvalue weighted by Crippen LogP contribution is -2.10. The van der Waals surface area contributed by atoms with Crippen molar-refractivity contribution >= 4 is 0 Å². The van der Waals surface area contributed by atoms with E-state index in [1.54, 1.807) is 6.07 Å². The summed E-state index contributed by atoms with van der Waals surface area (Å²) in [5.41, 5.74) is 9.11. The highest BCUT2D eigenvalue weighted by Gasteiger charge is 2.10. The Morgan fingerprint density at radius 2 is 1.92 bits per heavy atom. The number of phenolic OH excluding ortho intramolecular Hbond substituents is 1. The van der Waals surface area contributed by atoms with Crippen LogP contribution in [0.25, 0.3) is 0 Å². The molecule has 0 radical (unpaired) electrons. The molecule has 0 fully saturated rings. The molecule has 13 heavy (non-hydrogen) atoms. The van der Waals surface area contributed by atoms with Crippen molar-refractivity contribution in [1.82, 2.24) is 0 Å². The molecule has 2 nitrogen and oxygen atoms in total. The summed E-state index contributed by atoms with van der Waals surface area (Å²) in [7, 11) is 0. The summed E-state index contributed by atoms with van der Waals surface area (Å²) in [4.78, 5) is 0. The summed E-state index contributed by atoms with van der Waals surface area (Å²) in [6.45, 7) is 5.97. The maximum absolute atomic E-state index is 9.44. The zero-order chi connectivity index (χ0) is 10.0. The number of hydrogen-bond acceptors (Lipinski definition) is 2. The van der Waals surface area contributed by atoms with Crippen LogP contribution < -0.4 is 5.73 Å². The first-order valence-corrected chi connectivity index (χ1v) is 4.62. The molecule has 0 spiro atoms. The number of rotatable bonds is 2. The molecule has 3 N–H and O–H groups in total. The van der Waals surface area contributed by atoms with Crippen LogP contribution in [0.1, 0.15) is 36.1 Å². The summed E-state index contributed by atoms with van der Waals surface area (Å²) in [6.07, 6.45) is 0.922. The molecule has 0 aliphatic heterocycles. The second-order valence-corrected chi connectivity index (χ2v) is 3.44. The van der Waals surface area contributed by atoms with E-state index in [1.165, 1.54) is 0 Å². The quantitative estimate of drug-likeness (QED) is 0.732. The molecule has 0 heterocycles. The Kier molecular flexibility index (Phi) is 2.94. The zero-order valence-electron chi connectivity index (χ0n) is 8.46. The van der Waals surface area contributed by atoms with Gasteiger partial charge in [0.1, 0.15) is 5.75 Å². The number of hydrogen-bond donors (Lipinski definition) is 2. The van der Waals surface area contributed by atoms with E-state index in [1.807, 2.05) is 19.9 Å². The third-order valence-electron chi connectivity index (χ3n) is 2.64. The number of aromatic hydroxyl groups is 1. The molecular weight excluding hydrogens is 162 g/mol. The van der Waals surface area contributed by atoms with Gasteiger partial charge in [-0.1, -0.05) is 13.0 Å². The first-order chi connectivity index (χ1) is 6.07. The lowest BCUT2D eigenvalue weighted by atomic mass is 9.96. The maximum atomic E-state index is 9.44. The maximum Gasteiger partial charge on any atom is 0.118 e. The van der Waals surface area contributed by atoms with Gasteiger partial charge in [0.05, 0.1) is 0 Å². The first-order valence-electron chi connectivity index (χ1n) is 4.62.